The third kappa shape index (κ3) is 10.9. The quantitative estimate of drug-likeness (QED) is 0.0767. The second-order valence-electron chi connectivity index (χ2n) is 13.4. The smallest absolute Gasteiger partial charge is 0.405 e. The van der Waals surface area contributed by atoms with Crippen molar-refractivity contribution in [1.29, 1.82) is 0 Å². The number of nitrogens with zero attached hydrogens (tertiary/aromatic N) is 1. The summed E-state index contributed by atoms with van der Waals surface area (Å²) < 4.78 is 10.6. The van der Waals surface area contributed by atoms with Crippen molar-refractivity contribution in [3.63, 3.8) is 0 Å². The molecule has 4 amide bonds. The number of ether oxygens (including phenoxy) is 2. The van der Waals surface area contributed by atoms with Crippen molar-refractivity contribution in [2.45, 2.75) is 63.1 Å². The monoisotopic (exact) mass is 748 g/mol. The molecule has 4 aromatic rings. The molecule has 0 spiro atoms. The SMILES string of the molecule is COc1ccc(C(=O)CCC(=O)N2Cc3ccccc3CC2C(=O)NCCCCC(NC(=O)O)C(=O)NCC(c2ccccc2)c2ccccc2)cc1OC. The number of amides is 4. The van der Waals surface area contributed by atoms with Crippen LogP contribution >= 0.6 is 0 Å². The number of hydrogen-bond acceptors (Lipinski definition) is 7. The van der Waals surface area contributed by atoms with Gasteiger partial charge in [-0.25, -0.2) is 4.79 Å². The first-order valence-corrected chi connectivity index (χ1v) is 18.4. The van der Waals surface area contributed by atoms with E-state index < -0.39 is 24.1 Å². The van der Waals surface area contributed by atoms with E-state index in [1.54, 1.807) is 18.2 Å². The fourth-order valence-electron chi connectivity index (χ4n) is 6.88. The van der Waals surface area contributed by atoms with Crippen molar-refractivity contribution < 1.29 is 38.6 Å². The summed E-state index contributed by atoms with van der Waals surface area (Å²) in [5.74, 6) is -0.504. The van der Waals surface area contributed by atoms with Crippen LogP contribution in [-0.4, -0.2) is 79.0 Å². The Morgan fingerprint density at radius 2 is 1.40 bits per heavy atom. The zero-order valence-electron chi connectivity index (χ0n) is 31.2. The van der Waals surface area contributed by atoms with Gasteiger partial charge in [0.25, 0.3) is 0 Å². The molecule has 55 heavy (non-hydrogen) atoms. The lowest BCUT2D eigenvalue weighted by Crippen LogP contribution is -2.52. The average Bonchev–Trinajstić information content (AvgIpc) is 3.21. The molecule has 0 bridgehead atoms. The Labute approximate surface area is 321 Å². The van der Waals surface area contributed by atoms with Gasteiger partial charge in [0.15, 0.2) is 17.3 Å². The Morgan fingerprint density at radius 3 is 2.04 bits per heavy atom. The first kappa shape index (κ1) is 40.0. The summed E-state index contributed by atoms with van der Waals surface area (Å²) in [5.41, 5.74) is 4.36. The Kier molecular flexibility index (Phi) is 14.4. The predicted octanol–water partition coefficient (Wildman–Crippen LogP) is 5.49. The number of carbonyl (C=O) groups is 5. The van der Waals surface area contributed by atoms with Gasteiger partial charge in [0.05, 0.1) is 14.2 Å². The number of nitrogens with one attached hydrogen (secondary N) is 3. The van der Waals surface area contributed by atoms with Crippen molar-refractivity contribution in [1.82, 2.24) is 20.9 Å². The van der Waals surface area contributed by atoms with E-state index in [9.17, 15) is 29.1 Å². The Balaban J connectivity index is 1.15. The van der Waals surface area contributed by atoms with Gasteiger partial charge in [0, 0.05) is 50.4 Å². The minimum Gasteiger partial charge on any atom is -0.493 e. The van der Waals surface area contributed by atoms with Crippen molar-refractivity contribution in [2.24, 2.45) is 0 Å². The van der Waals surface area contributed by atoms with Crippen LogP contribution in [0.5, 0.6) is 11.5 Å². The highest BCUT2D eigenvalue weighted by Gasteiger charge is 2.34. The lowest BCUT2D eigenvalue weighted by Gasteiger charge is -2.36. The van der Waals surface area contributed by atoms with Crippen molar-refractivity contribution in [3.8, 4) is 11.5 Å². The summed E-state index contributed by atoms with van der Waals surface area (Å²) >= 11 is 0. The first-order chi connectivity index (χ1) is 26.7. The second-order valence-corrected chi connectivity index (χ2v) is 13.4. The van der Waals surface area contributed by atoms with E-state index >= 15 is 0 Å². The summed E-state index contributed by atoms with van der Waals surface area (Å²) in [7, 11) is 2.99. The van der Waals surface area contributed by atoms with Gasteiger partial charge in [-0.2, -0.15) is 0 Å². The van der Waals surface area contributed by atoms with Crippen LogP contribution in [0.3, 0.4) is 0 Å². The number of carboxylic acid groups (broad SMARTS) is 1. The highest BCUT2D eigenvalue weighted by Crippen LogP contribution is 2.29. The van der Waals surface area contributed by atoms with E-state index in [1.165, 1.54) is 19.1 Å². The number of methoxy groups -OCH3 is 2. The third-order valence-electron chi connectivity index (χ3n) is 9.86. The molecule has 12 nitrogen and oxygen atoms in total. The van der Waals surface area contributed by atoms with Crippen molar-refractivity contribution in [3.05, 3.63) is 131 Å². The molecule has 0 aliphatic carbocycles. The van der Waals surface area contributed by atoms with Crippen LogP contribution in [-0.2, 0) is 27.3 Å². The van der Waals surface area contributed by atoms with Crippen LogP contribution in [0.15, 0.2) is 103 Å². The minimum absolute atomic E-state index is 0.0426. The van der Waals surface area contributed by atoms with Gasteiger partial charge in [-0.15, -0.1) is 0 Å². The standard InChI is InChI=1S/C43H48N4O8/c1-54-38-22-20-32(26-39(38)55-2)37(48)21-23-40(49)47-28-33-18-10-9-17-31(33)25-36(47)42(51)44-24-12-11-19-35(46-43(52)53)41(50)45-27-34(29-13-5-3-6-14-29)30-15-7-4-8-16-30/h3-10,13-18,20,22,26,34-36,46H,11-12,19,21,23-25,27-28H2,1-2H3,(H,44,51)(H,45,50)(H,52,53). The van der Waals surface area contributed by atoms with Crippen LogP contribution in [0.4, 0.5) is 4.79 Å². The maximum absolute atomic E-state index is 13.6. The summed E-state index contributed by atoms with van der Waals surface area (Å²) in [6.07, 6.45) is 0.0671. The molecule has 1 aliphatic heterocycles. The molecule has 0 radical (unpaired) electrons. The number of benzene rings is 4. The number of fused-ring (bicyclic) bond motifs is 1. The molecule has 4 N–H and O–H groups in total. The third-order valence-corrected chi connectivity index (χ3v) is 9.86. The Bertz CT molecular complexity index is 1900. The van der Waals surface area contributed by atoms with Crippen LogP contribution in [0.1, 0.15) is 70.6 Å². The number of hydrogen-bond donors (Lipinski definition) is 4. The highest BCUT2D eigenvalue weighted by atomic mass is 16.5. The highest BCUT2D eigenvalue weighted by molar-refractivity contribution is 5.99. The molecule has 0 saturated carbocycles. The normalized spacial score (nSPS) is 13.9. The maximum Gasteiger partial charge on any atom is 0.405 e. The topological polar surface area (TPSA) is 163 Å². The van der Waals surface area contributed by atoms with Gasteiger partial charge < -0.3 is 35.4 Å². The second kappa shape index (κ2) is 19.8. The zero-order chi connectivity index (χ0) is 39.2. The Morgan fingerprint density at radius 1 is 0.764 bits per heavy atom. The molecule has 0 aromatic heterocycles. The summed E-state index contributed by atoms with van der Waals surface area (Å²) in [6, 6.07) is 30.4. The van der Waals surface area contributed by atoms with Crippen molar-refractivity contribution >= 4 is 29.6 Å². The van der Waals surface area contributed by atoms with E-state index in [2.05, 4.69) is 16.0 Å². The molecule has 1 heterocycles. The average molecular weight is 749 g/mol. The van der Waals surface area contributed by atoms with Gasteiger partial charge in [0.1, 0.15) is 12.1 Å². The zero-order valence-corrected chi connectivity index (χ0v) is 31.2. The van der Waals surface area contributed by atoms with Crippen LogP contribution in [0, 0.1) is 0 Å². The van der Waals surface area contributed by atoms with E-state index in [1.807, 2.05) is 84.9 Å². The number of unbranched alkanes of at least 4 members (excludes halogenated alkanes) is 1. The number of ketones is 1. The first-order valence-electron chi connectivity index (χ1n) is 18.4. The van der Waals surface area contributed by atoms with Crippen molar-refractivity contribution in [2.75, 3.05) is 27.3 Å². The molecule has 12 heteroatoms. The van der Waals surface area contributed by atoms with Gasteiger partial charge in [0.2, 0.25) is 17.7 Å². The molecule has 0 saturated heterocycles. The largest absolute Gasteiger partial charge is 0.493 e. The number of Topliss-reactive ketones (excluding diaryl/α,β-unsaturated/α-hetero) is 1. The van der Waals surface area contributed by atoms with Gasteiger partial charge >= 0.3 is 6.09 Å². The molecular formula is C43H48N4O8. The molecular weight excluding hydrogens is 700 g/mol. The number of carbonyl (C=O) groups excluding carboxylic acids is 4. The van der Waals surface area contributed by atoms with Crippen LogP contribution in [0.25, 0.3) is 0 Å². The summed E-state index contributed by atoms with van der Waals surface area (Å²) in [4.78, 5) is 66.7. The molecule has 2 atom stereocenters. The Hall–Kier alpha value is -6.17. The van der Waals surface area contributed by atoms with Gasteiger partial charge in [-0.3, -0.25) is 19.2 Å². The fourth-order valence-corrected chi connectivity index (χ4v) is 6.88. The van der Waals surface area contributed by atoms with E-state index in [0.29, 0.717) is 36.3 Å². The van der Waals surface area contributed by atoms with Crippen LogP contribution < -0.4 is 25.4 Å². The molecule has 288 valence electrons. The molecule has 2 unspecified atom stereocenters. The lowest BCUT2D eigenvalue weighted by atomic mass is 9.91. The number of rotatable bonds is 18. The molecule has 0 fully saturated rings. The summed E-state index contributed by atoms with van der Waals surface area (Å²) in [6.45, 7) is 0.790. The minimum atomic E-state index is -1.30. The van der Waals surface area contributed by atoms with Gasteiger partial charge in [-0.1, -0.05) is 84.9 Å². The summed E-state index contributed by atoms with van der Waals surface area (Å²) in [5, 5.41) is 17.7. The lowest BCUT2D eigenvalue weighted by molar-refractivity contribution is -0.141. The van der Waals surface area contributed by atoms with Gasteiger partial charge in [-0.05, 0) is 59.7 Å². The maximum atomic E-state index is 13.6. The predicted molar refractivity (Wildman–Crippen MR) is 207 cm³/mol. The molecule has 5 rings (SSSR count). The van der Waals surface area contributed by atoms with Crippen LogP contribution in [0.2, 0.25) is 0 Å². The van der Waals surface area contributed by atoms with E-state index in [0.717, 1.165) is 22.3 Å². The fraction of sp³-hybridized carbons (Fsp3) is 0.326. The van der Waals surface area contributed by atoms with E-state index in [4.69, 9.17) is 9.47 Å². The van der Waals surface area contributed by atoms with E-state index in [-0.39, 0.29) is 62.4 Å². The molecule has 1 aliphatic rings. The molecule has 4 aromatic carbocycles.